The van der Waals surface area contributed by atoms with E-state index in [4.69, 9.17) is 0 Å². The third-order valence-corrected chi connectivity index (χ3v) is 3.62. The SMILES string of the molecule is Cc1ccccc1Cc1nnc2n1CCCC2O. The van der Waals surface area contributed by atoms with Crippen molar-refractivity contribution in [1.82, 2.24) is 14.8 Å². The molecule has 0 saturated carbocycles. The van der Waals surface area contributed by atoms with Gasteiger partial charge in [-0.1, -0.05) is 24.3 Å². The van der Waals surface area contributed by atoms with Crippen LogP contribution in [0.1, 0.15) is 41.7 Å². The Morgan fingerprint density at radius 1 is 1.33 bits per heavy atom. The first kappa shape index (κ1) is 11.4. The van der Waals surface area contributed by atoms with Gasteiger partial charge in [-0.3, -0.25) is 0 Å². The highest BCUT2D eigenvalue weighted by atomic mass is 16.3. The number of benzene rings is 1. The third-order valence-electron chi connectivity index (χ3n) is 3.62. The highest BCUT2D eigenvalue weighted by molar-refractivity contribution is 5.28. The topological polar surface area (TPSA) is 50.9 Å². The monoisotopic (exact) mass is 243 g/mol. The standard InChI is InChI=1S/C14H17N3O/c1-10-5-2-3-6-11(10)9-13-15-16-14-12(18)7-4-8-17(13)14/h2-3,5-6,12,18H,4,7-9H2,1H3. The zero-order valence-corrected chi connectivity index (χ0v) is 10.5. The molecule has 0 aliphatic carbocycles. The Labute approximate surface area is 106 Å². The Hall–Kier alpha value is -1.68. The van der Waals surface area contributed by atoms with Gasteiger partial charge in [0.15, 0.2) is 5.82 Å². The van der Waals surface area contributed by atoms with Gasteiger partial charge in [0.2, 0.25) is 0 Å². The maximum absolute atomic E-state index is 9.87. The van der Waals surface area contributed by atoms with Crippen molar-refractivity contribution < 1.29 is 5.11 Å². The summed E-state index contributed by atoms with van der Waals surface area (Å²) in [4.78, 5) is 0. The summed E-state index contributed by atoms with van der Waals surface area (Å²) in [6.07, 6.45) is 2.12. The predicted molar refractivity (Wildman–Crippen MR) is 68.2 cm³/mol. The molecule has 18 heavy (non-hydrogen) atoms. The van der Waals surface area contributed by atoms with Gasteiger partial charge in [0.05, 0.1) is 0 Å². The van der Waals surface area contributed by atoms with Crippen LogP contribution in [0.4, 0.5) is 0 Å². The minimum atomic E-state index is -0.447. The van der Waals surface area contributed by atoms with Crippen LogP contribution >= 0.6 is 0 Å². The number of aromatic nitrogens is 3. The summed E-state index contributed by atoms with van der Waals surface area (Å²) in [5, 5.41) is 18.2. The van der Waals surface area contributed by atoms with Crippen LogP contribution in [-0.2, 0) is 13.0 Å². The van der Waals surface area contributed by atoms with Crippen molar-refractivity contribution in [3.8, 4) is 0 Å². The number of aliphatic hydroxyl groups excluding tert-OH is 1. The van der Waals surface area contributed by atoms with Crippen LogP contribution in [-0.4, -0.2) is 19.9 Å². The minimum Gasteiger partial charge on any atom is -0.385 e. The first-order valence-electron chi connectivity index (χ1n) is 6.40. The molecule has 1 aliphatic heterocycles. The molecular weight excluding hydrogens is 226 g/mol. The summed E-state index contributed by atoms with van der Waals surface area (Å²) in [6.45, 7) is 3.03. The summed E-state index contributed by atoms with van der Waals surface area (Å²) in [6, 6.07) is 8.32. The lowest BCUT2D eigenvalue weighted by molar-refractivity contribution is 0.133. The Morgan fingerprint density at radius 2 is 2.17 bits per heavy atom. The van der Waals surface area contributed by atoms with Gasteiger partial charge in [-0.05, 0) is 30.9 Å². The molecular formula is C14H17N3O. The van der Waals surface area contributed by atoms with Crippen LogP contribution in [0, 0.1) is 6.92 Å². The van der Waals surface area contributed by atoms with Crippen LogP contribution in [0.2, 0.25) is 0 Å². The molecule has 1 aliphatic rings. The normalized spacial score (nSPS) is 18.7. The Bertz CT molecular complexity index is 562. The zero-order valence-electron chi connectivity index (χ0n) is 10.5. The van der Waals surface area contributed by atoms with Gasteiger partial charge in [0.1, 0.15) is 11.9 Å². The molecule has 1 atom stereocenters. The molecule has 0 spiro atoms. The fraction of sp³-hybridized carbons (Fsp3) is 0.429. The average Bonchev–Trinajstić information content (AvgIpc) is 2.77. The second kappa shape index (κ2) is 4.53. The quantitative estimate of drug-likeness (QED) is 0.877. The molecule has 1 N–H and O–H groups in total. The lowest BCUT2D eigenvalue weighted by Crippen LogP contribution is -2.17. The average molecular weight is 243 g/mol. The summed E-state index contributed by atoms with van der Waals surface area (Å²) in [7, 11) is 0. The summed E-state index contributed by atoms with van der Waals surface area (Å²) < 4.78 is 2.07. The molecule has 0 fully saturated rings. The van der Waals surface area contributed by atoms with Crippen molar-refractivity contribution in [3.05, 3.63) is 47.0 Å². The molecule has 2 heterocycles. The van der Waals surface area contributed by atoms with E-state index in [0.29, 0.717) is 0 Å². The van der Waals surface area contributed by atoms with Gasteiger partial charge in [0, 0.05) is 13.0 Å². The van der Waals surface area contributed by atoms with E-state index in [1.54, 1.807) is 0 Å². The molecule has 1 aromatic carbocycles. The van der Waals surface area contributed by atoms with Crippen molar-refractivity contribution in [2.24, 2.45) is 0 Å². The fourth-order valence-electron chi connectivity index (χ4n) is 2.52. The highest BCUT2D eigenvalue weighted by Crippen LogP contribution is 2.25. The number of aliphatic hydroxyl groups is 1. The number of rotatable bonds is 2. The van der Waals surface area contributed by atoms with Crippen LogP contribution in [0.25, 0.3) is 0 Å². The minimum absolute atomic E-state index is 0.447. The predicted octanol–water partition coefficient (Wildman–Crippen LogP) is 2.00. The summed E-state index contributed by atoms with van der Waals surface area (Å²) >= 11 is 0. The van der Waals surface area contributed by atoms with Crippen LogP contribution in [0.15, 0.2) is 24.3 Å². The largest absolute Gasteiger partial charge is 0.385 e. The Kier molecular flexibility index (Phi) is 2.88. The lowest BCUT2D eigenvalue weighted by atomic mass is 10.0. The third kappa shape index (κ3) is 1.93. The molecule has 1 aromatic heterocycles. The van der Waals surface area contributed by atoms with E-state index in [1.807, 2.05) is 12.1 Å². The van der Waals surface area contributed by atoms with Gasteiger partial charge in [-0.2, -0.15) is 0 Å². The van der Waals surface area contributed by atoms with Gasteiger partial charge < -0.3 is 9.67 Å². The summed E-state index contributed by atoms with van der Waals surface area (Å²) in [5.41, 5.74) is 2.54. The molecule has 2 aromatic rings. The molecule has 4 nitrogen and oxygen atoms in total. The van der Waals surface area contributed by atoms with Crippen molar-refractivity contribution in [3.63, 3.8) is 0 Å². The van der Waals surface area contributed by atoms with Gasteiger partial charge in [-0.15, -0.1) is 10.2 Å². The number of hydrogen-bond acceptors (Lipinski definition) is 3. The first-order chi connectivity index (χ1) is 8.75. The smallest absolute Gasteiger partial charge is 0.161 e. The summed E-state index contributed by atoms with van der Waals surface area (Å²) in [5.74, 6) is 1.68. The zero-order chi connectivity index (χ0) is 12.5. The molecule has 0 radical (unpaired) electrons. The second-order valence-corrected chi connectivity index (χ2v) is 4.89. The van der Waals surface area contributed by atoms with Crippen molar-refractivity contribution in [2.75, 3.05) is 0 Å². The van der Waals surface area contributed by atoms with E-state index in [2.05, 4.69) is 33.8 Å². The van der Waals surface area contributed by atoms with E-state index in [-0.39, 0.29) is 0 Å². The molecule has 0 bridgehead atoms. The van der Waals surface area contributed by atoms with Gasteiger partial charge >= 0.3 is 0 Å². The van der Waals surface area contributed by atoms with Gasteiger partial charge in [-0.25, -0.2) is 0 Å². The van der Waals surface area contributed by atoms with E-state index in [0.717, 1.165) is 37.5 Å². The number of aryl methyl sites for hydroxylation is 1. The molecule has 0 saturated heterocycles. The number of fused-ring (bicyclic) bond motifs is 1. The number of hydrogen-bond donors (Lipinski definition) is 1. The van der Waals surface area contributed by atoms with Crippen LogP contribution in [0.5, 0.6) is 0 Å². The van der Waals surface area contributed by atoms with E-state index < -0.39 is 6.10 Å². The molecule has 4 heteroatoms. The van der Waals surface area contributed by atoms with Gasteiger partial charge in [0.25, 0.3) is 0 Å². The van der Waals surface area contributed by atoms with Crippen LogP contribution < -0.4 is 0 Å². The van der Waals surface area contributed by atoms with Crippen LogP contribution in [0.3, 0.4) is 0 Å². The molecule has 1 unspecified atom stereocenters. The second-order valence-electron chi connectivity index (χ2n) is 4.89. The van der Waals surface area contributed by atoms with Crippen molar-refractivity contribution in [2.45, 2.75) is 38.8 Å². The van der Waals surface area contributed by atoms with Crippen molar-refractivity contribution in [1.29, 1.82) is 0 Å². The first-order valence-corrected chi connectivity index (χ1v) is 6.40. The maximum atomic E-state index is 9.87. The maximum Gasteiger partial charge on any atom is 0.161 e. The fourth-order valence-corrected chi connectivity index (χ4v) is 2.52. The van der Waals surface area contributed by atoms with E-state index >= 15 is 0 Å². The molecule has 3 rings (SSSR count). The molecule has 0 amide bonds. The van der Waals surface area contributed by atoms with E-state index in [1.165, 1.54) is 11.1 Å². The Morgan fingerprint density at radius 3 is 3.00 bits per heavy atom. The Balaban J connectivity index is 1.92. The van der Waals surface area contributed by atoms with E-state index in [9.17, 15) is 5.11 Å². The highest BCUT2D eigenvalue weighted by Gasteiger charge is 2.23. The van der Waals surface area contributed by atoms with Crippen molar-refractivity contribution >= 4 is 0 Å². The number of nitrogens with zero attached hydrogens (tertiary/aromatic N) is 3. The molecule has 94 valence electrons. The lowest BCUT2D eigenvalue weighted by Gasteiger charge is -2.19.